The fourth-order valence-corrected chi connectivity index (χ4v) is 0.354. The lowest BCUT2D eigenvalue weighted by molar-refractivity contribution is 0.534. The first-order chi connectivity index (χ1) is 4.22. The second kappa shape index (κ2) is 1.93. The SMILES string of the molecule is Nc1c(F)ncnc1F. The van der Waals surface area contributed by atoms with Crippen molar-refractivity contribution in [1.29, 1.82) is 0 Å². The van der Waals surface area contributed by atoms with Crippen LogP contribution < -0.4 is 5.73 Å². The zero-order valence-corrected chi connectivity index (χ0v) is 4.31. The minimum atomic E-state index is -1.03. The predicted molar refractivity (Wildman–Crippen MR) is 26.4 cm³/mol. The molecule has 1 heterocycles. The summed E-state index contributed by atoms with van der Waals surface area (Å²) in [5.74, 6) is -2.05. The Kier molecular flexibility index (Phi) is 1.26. The Bertz CT molecular complexity index is 205. The molecule has 0 aliphatic heterocycles. The van der Waals surface area contributed by atoms with E-state index in [0.717, 1.165) is 6.33 Å². The maximum atomic E-state index is 12.1. The molecule has 0 aromatic carbocycles. The second-order valence-electron chi connectivity index (χ2n) is 1.37. The van der Waals surface area contributed by atoms with E-state index in [1.165, 1.54) is 0 Å². The van der Waals surface area contributed by atoms with E-state index in [9.17, 15) is 8.78 Å². The summed E-state index contributed by atoms with van der Waals surface area (Å²) in [5.41, 5.74) is 4.17. The molecule has 0 aliphatic rings. The van der Waals surface area contributed by atoms with Gasteiger partial charge in [-0.2, -0.15) is 8.78 Å². The van der Waals surface area contributed by atoms with E-state index in [2.05, 4.69) is 9.97 Å². The van der Waals surface area contributed by atoms with Crippen molar-refractivity contribution in [2.45, 2.75) is 0 Å². The summed E-state index contributed by atoms with van der Waals surface area (Å²) in [5, 5.41) is 0. The van der Waals surface area contributed by atoms with Crippen LogP contribution in [0.5, 0.6) is 0 Å². The first-order valence-electron chi connectivity index (χ1n) is 2.13. The zero-order valence-electron chi connectivity index (χ0n) is 4.31. The molecule has 0 atom stereocenters. The van der Waals surface area contributed by atoms with Crippen LogP contribution in [0.4, 0.5) is 14.5 Å². The zero-order chi connectivity index (χ0) is 6.85. The number of anilines is 1. The van der Waals surface area contributed by atoms with Gasteiger partial charge in [0.15, 0.2) is 0 Å². The van der Waals surface area contributed by atoms with Crippen LogP contribution in [0, 0.1) is 11.9 Å². The van der Waals surface area contributed by atoms with Crippen molar-refractivity contribution in [3.63, 3.8) is 0 Å². The second-order valence-corrected chi connectivity index (χ2v) is 1.37. The van der Waals surface area contributed by atoms with Crippen molar-refractivity contribution < 1.29 is 8.78 Å². The molecule has 0 aliphatic carbocycles. The van der Waals surface area contributed by atoms with Gasteiger partial charge < -0.3 is 5.73 Å². The van der Waals surface area contributed by atoms with E-state index in [4.69, 9.17) is 5.73 Å². The molecule has 0 spiro atoms. The molecule has 0 saturated heterocycles. The van der Waals surface area contributed by atoms with Crippen LogP contribution in [-0.2, 0) is 0 Å². The molecule has 0 radical (unpaired) electrons. The molecule has 5 heteroatoms. The Morgan fingerprint density at radius 1 is 1.22 bits per heavy atom. The maximum Gasteiger partial charge on any atom is 0.242 e. The molecule has 0 fully saturated rings. The Morgan fingerprint density at radius 3 is 2.00 bits per heavy atom. The summed E-state index contributed by atoms with van der Waals surface area (Å²) in [6.07, 6.45) is 0.765. The van der Waals surface area contributed by atoms with E-state index >= 15 is 0 Å². The van der Waals surface area contributed by atoms with Crippen molar-refractivity contribution in [3.05, 3.63) is 18.2 Å². The summed E-state index contributed by atoms with van der Waals surface area (Å²) in [6.45, 7) is 0. The van der Waals surface area contributed by atoms with Crippen molar-refractivity contribution in [2.24, 2.45) is 0 Å². The third kappa shape index (κ3) is 0.933. The van der Waals surface area contributed by atoms with Gasteiger partial charge in [-0.25, -0.2) is 9.97 Å². The van der Waals surface area contributed by atoms with Crippen molar-refractivity contribution in [3.8, 4) is 0 Å². The number of hydrogen-bond donors (Lipinski definition) is 1. The Labute approximate surface area is 49.5 Å². The van der Waals surface area contributed by atoms with Gasteiger partial charge in [0.25, 0.3) is 0 Å². The van der Waals surface area contributed by atoms with Gasteiger partial charge in [0.1, 0.15) is 12.0 Å². The monoisotopic (exact) mass is 131 g/mol. The lowest BCUT2D eigenvalue weighted by atomic mass is 10.5. The van der Waals surface area contributed by atoms with Crippen molar-refractivity contribution in [1.82, 2.24) is 9.97 Å². The van der Waals surface area contributed by atoms with E-state index in [1.807, 2.05) is 0 Å². The van der Waals surface area contributed by atoms with Crippen LogP contribution in [0.3, 0.4) is 0 Å². The highest BCUT2D eigenvalue weighted by molar-refractivity contribution is 5.33. The molecule has 1 rings (SSSR count). The van der Waals surface area contributed by atoms with Crippen LogP contribution in [0.15, 0.2) is 6.33 Å². The number of aromatic nitrogens is 2. The van der Waals surface area contributed by atoms with Gasteiger partial charge in [-0.05, 0) is 0 Å². The van der Waals surface area contributed by atoms with Gasteiger partial charge in [0, 0.05) is 0 Å². The van der Waals surface area contributed by atoms with E-state index < -0.39 is 17.6 Å². The average molecular weight is 131 g/mol. The summed E-state index contributed by atoms with van der Waals surface area (Å²) in [7, 11) is 0. The molecular formula is C4H3F2N3. The van der Waals surface area contributed by atoms with Crippen LogP contribution in [0.1, 0.15) is 0 Å². The molecule has 48 valence electrons. The fraction of sp³-hybridized carbons (Fsp3) is 0. The number of nitrogens with two attached hydrogens (primary N) is 1. The molecule has 9 heavy (non-hydrogen) atoms. The molecule has 0 saturated carbocycles. The predicted octanol–water partition coefficient (Wildman–Crippen LogP) is 0.337. The lowest BCUT2D eigenvalue weighted by Gasteiger charge is -1.91. The Morgan fingerprint density at radius 2 is 1.67 bits per heavy atom. The fourth-order valence-electron chi connectivity index (χ4n) is 0.354. The normalized spacial score (nSPS) is 9.56. The van der Waals surface area contributed by atoms with E-state index in [0.29, 0.717) is 0 Å². The Balaban J connectivity index is 3.25. The molecule has 2 N–H and O–H groups in total. The highest BCUT2D eigenvalue weighted by atomic mass is 19.1. The van der Waals surface area contributed by atoms with Gasteiger partial charge in [-0.1, -0.05) is 0 Å². The summed E-state index contributed by atoms with van der Waals surface area (Å²) < 4.78 is 24.1. The summed E-state index contributed by atoms with van der Waals surface area (Å²) in [4.78, 5) is 5.99. The molecule has 1 aromatic rings. The first-order valence-corrected chi connectivity index (χ1v) is 2.13. The van der Waals surface area contributed by atoms with Gasteiger partial charge >= 0.3 is 0 Å². The minimum Gasteiger partial charge on any atom is -0.391 e. The Hall–Kier alpha value is -1.26. The number of hydrogen-bond acceptors (Lipinski definition) is 3. The van der Waals surface area contributed by atoms with E-state index in [1.54, 1.807) is 0 Å². The van der Waals surface area contributed by atoms with Gasteiger partial charge in [-0.15, -0.1) is 0 Å². The molecule has 3 nitrogen and oxygen atoms in total. The van der Waals surface area contributed by atoms with Gasteiger partial charge in [-0.3, -0.25) is 0 Å². The van der Waals surface area contributed by atoms with Crippen LogP contribution >= 0.6 is 0 Å². The highest BCUT2D eigenvalue weighted by Gasteiger charge is 2.04. The largest absolute Gasteiger partial charge is 0.391 e. The summed E-state index contributed by atoms with van der Waals surface area (Å²) in [6, 6.07) is 0. The minimum absolute atomic E-state index is 0.641. The molecule has 1 aromatic heterocycles. The quantitative estimate of drug-likeness (QED) is 0.516. The van der Waals surface area contributed by atoms with Gasteiger partial charge in [0.2, 0.25) is 11.9 Å². The van der Waals surface area contributed by atoms with Crippen LogP contribution in [0.2, 0.25) is 0 Å². The third-order valence-electron chi connectivity index (χ3n) is 0.787. The first kappa shape index (κ1) is 5.87. The van der Waals surface area contributed by atoms with Gasteiger partial charge in [0.05, 0.1) is 0 Å². The average Bonchev–Trinajstić information content (AvgIpc) is 1.83. The smallest absolute Gasteiger partial charge is 0.242 e. The molecule has 0 unspecified atom stereocenters. The number of nitrogen functional groups attached to an aromatic ring is 1. The molecule has 0 amide bonds. The standard InChI is InChI=1S/C4H3F2N3/c5-3-2(7)4(6)9-1-8-3/h1H,7H2. The van der Waals surface area contributed by atoms with Crippen LogP contribution in [0.25, 0.3) is 0 Å². The summed E-state index contributed by atoms with van der Waals surface area (Å²) >= 11 is 0. The highest BCUT2D eigenvalue weighted by Crippen LogP contribution is 2.06. The maximum absolute atomic E-state index is 12.1. The van der Waals surface area contributed by atoms with Crippen molar-refractivity contribution >= 4 is 5.69 Å². The topological polar surface area (TPSA) is 51.8 Å². The molecule has 0 bridgehead atoms. The number of halogens is 2. The lowest BCUT2D eigenvalue weighted by Crippen LogP contribution is -1.99. The third-order valence-corrected chi connectivity index (χ3v) is 0.787. The van der Waals surface area contributed by atoms with Crippen LogP contribution in [-0.4, -0.2) is 9.97 Å². The number of nitrogens with zero attached hydrogens (tertiary/aromatic N) is 2. The molecular weight excluding hydrogens is 128 g/mol. The number of rotatable bonds is 0. The van der Waals surface area contributed by atoms with Crippen molar-refractivity contribution in [2.75, 3.05) is 5.73 Å². The van der Waals surface area contributed by atoms with E-state index in [-0.39, 0.29) is 0 Å².